The molecule has 1 heterocycles. The van der Waals surface area contributed by atoms with E-state index in [1.807, 2.05) is 12.1 Å². The van der Waals surface area contributed by atoms with Gasteiger partial charge >= 0.3 is 0 Å². The third-order valence-electron chi connectivity index (χ3n) is 3.55. The number of rotatable bonds is 3. The van der Waals surface area contributed by atoms with Crippen molar-refractivity contribution in [1.82, 2.24) is 0 Å². The molecule has 2 rings (SSSR count). The Morgan fingerprint density at radius 2 is 1.80 bits per heavy atom. The second-order valence-corrected chi connectivity index (χ2v) is 8.08. The number of hydrogen-bond donors (Lipinski definition) is 1. The summed E-state index contributed by atoms with van der Waals surface area (Å²) in [4.78, 5) is 0. The minimum Gasteiger partial charge on any atom is -0.485 e. The van der Waals surface area contributed by atoms with Gasteiger partial charge in [0.25, 0.3) is 0 Å². The molecule has 112 valence electrons. The van der Waals surface area contributed by atoms with Gasteiger partial charge in [-0.25, -0.2) is 0 Å². The predicted octanol–water partition coefficient (Wildman–Crippen LogP) is 4.40. The number of hydrogen-bond acceptors (Lipinski definition) is 3. The van der Waals surface area contributed by atoms with Crippen LogP contribution in [0.5, 0.6) is 5.75 Å². The van der Waals surface area contributed by atoms with Crippen LogP contribution in [0.1, 0.15) is 39.7 Å². The van der Waals surface area contributed by atoms with Gasteiger partial charge in [0.15, 0.2) is 0 Å². The largest absolute Gasteiger partial charge is 0.485 e. The summed E-state index contributed by atoms with van der Waals surface area (Å²) < 4.78 is 14.1. The fraction of sp³-hybridized carbons (Fsp3) is 0.600. The molecular weight excluding hydrogens is 386 g/mol. The maximum absolute atomic E-state index is 6.23. The van der Waals surface area contributed by atoms with Crippen LogP contribution in [0.3, 0.4) is 0 Å². The summed E-state index contributed by atoms with van der Waals surface area (Å²) >= 11 is 7.12. The van der Waals surface area contributed by atoms with Crippen molar-refractivity contribution in [1.29, 1.82) is 0 Å². The first kappa shape index (κ1) is 16.3. The number of ether oxygens (including phenoxy) is 2. The fourth-order valence-electron chi connectivity index (χ4n) is 2.68. The average molecular weight is 407 g/mol. The molecular formula is C15H21Br2NO2. The number of nitrogens with two attached hydrogens (primary N) is 1. The number of benzene rings is 1. The minimum absolute atomic E-state index is 0.00817. The molecule has 1 fully saturated rings. The van der Waals surface area contributed by atoms with E-state index in [0.29, 0.717) is 6.54 Å². The van der Waals surface area contributed by atoms with Crippen molar-refractivity contribution in [3.8, 4) is 5.75 Å². The Morgan fingerprint density at radius 1 is 1.25 bits per heavy atom. The van der Waals surface area contributed by atoms with E-state index in [9.17, 15) is 0 Å². The Labute approximate surface area is 137 Å². The minimum atomic E-state index is -0.311. The molecule has 1 aliphatic heterocycles. The molecule has 0 spiro atoms. The SMILES string of the molecule is CC1(C)CC(Oc2c(Br)cc(CN)cc2Br)C(C)(C)O1. The van der Waals surface area contributed by atoms with E-state index in [1.54, 1.807) is 0 Å². The van der Waals surface area contributed by atoms with Crippen molar-refractivity contribution in [3.63, 3.8) is 0 Å². The van der Waals surface area contributed by atoms with E-state index in [-0.39, 0.29) is 17.3 Å². The molecule has 0 saturated carbocycles. The molecule has 20 heavy (non-hydrogen) atoms. The highest BCUT2D eigenvalue weighted by Gasteiger charge is 2.47. The van der Waals surface area contributed by atoms with E-state index in [4.69, 9.17) is 15.2 Å². The molecule has 1 unspecified atom stereocenters. The fourth-order valence-corrected chi connectivity index (χ4v) is 4.15. The van der Waals surface area contributed by atoms with Gasteiger partial charge in [-0.05, 0) is 77.3 Å². The van der Waals surface area contributed by atoms with Crippen LogP contribution >= 0.6 is 31.9 Å². The molecule has 0 aromatic heterocycles. The predicted molar refractivity (Wildman–Crippen MR) is 88.0 cm³/mol. The van der Waals surface area contributed by atoms with E-state index in [2.05, 4.69) is 59.6 Å². The molecule has 5 heteroatoms. The second kappa shape index (κ2) is 5.59. The van der Waals surface area contributed by atoms with Gasteiger partial charge in [-0.2, -0.15) is 0 Å². The Kier molecular flexibility index (Phi) is 4.55. The van der Waals surface area contributed by atoms with Crippen LogP contribution < -0.4 is 10.5 Å². The van der Waals surface area contributed by atoms with Crippen LogP contribution in [0.2, 0.25) is 0 Å². The first-order valence-corrected chi connectivity index (χ1v) is 8.28. The topological polar surface area (TPSA) is 44.5 Å². The summed E-state index contributed by atoms with van der Waals surface area (Å²) in [5.74, 6) is 0.807. The van der Waals surface area contributed by atoms with Gasteiger partial charge < -0.3 is 15.2 Å². The molecule has 0 radical (unpaired) electrons. The summed E-state index contributed by atoms with van der Waals surface area (Å²) in [7, 11) is 0. The Bertz CT molecular complexity index is 492. The molecule has 3 nitrogen and oxygen atoms in total. The summed E-state index contributed by atoms with van der Waals surface area (Å²) in [6, 6.07) is 3.99. The molecule has 0 bridgehead atoms. The van der Waals surface area contributed by atoms with Crippen molar-refractivity contribution in [2.24, 2.45) is 5.73 Å². The van der Waals surface area contributed by atoms with Crippen molar-refractivity contribution in [2.45, 2.75) is 58.0 Å². The summed E-state index contributed by atoms with van der Waals surface area (Å²) in [6.45, 7) is 8.84. The van der Waals surface area contributed by atoms with Gasteiger partial charge in [0.2, 0.25) is 0 Å². The van der Waals surface area contributed by atoms with Gasteiger partial charge in [0, 0.05) is 13.0 Å². The summed E-state index contributed by atoms with van der Waals surface area (Å²) in [6.07, 6.45) is 0.867. The lowest BCUT2D eigenvalue weighted by molar-refractivity contribution is -0.0847. The molecule has 0 amide bonds. The molecule has 1 aliphatic rings. The standard InChI is InChI=1S/C15H21Br2NO2/c1-14(2)7-12(15(3,4)20-14)19-13-10(16)5-9(8-18)6-11(13)17/h5-6,12H,7-8,18H2,1-4H3. The first-order valence-electron chi connectivity index (χ1n) is 6.69. The Morgan fingerprint density at radius 3 is 2.20 bits per heavy atom. The summed E-state index contributed by atoms with van der Waals surface area (Å²) in [5.41, 5.74) is 6.26. The van der Waals surface area contributed by atoms with E-state index < -0.39 is 0 Å². The highest BCUT2D eigenvalue weighted by molar-refractivity contribution is 9.11. The average Bonchev–Trinajstić information content (AvgIpc) is 2.51. The normalized spacial score (nSPS) is 23.9. The zero-order valence-electron chi connectivity index (χ0n) is 12.3. The smallest absolute Gasteiger partial charge is 0.148 e. The van der Waals surface area contributed by atoms with Gasteiger partial charge in [-0.1, -0.05) is 0 Å². The lowest BCUT2D eigenvalue weighted by Gasteiger charge is -2.28. The van der Waals surface area contributed by atoms with Crippen LogP contribution in [0.25, 0.3) is 0 Å². The Hall–Kier alpha value is -0.100. The molecule has 2 N–H and O–H groups in total. The Balaban J connectivity index is 2.27. The molecule has 1 aromatic rings. The third kappa shape index (κ3) is 3.38. The monoisotopic (exact) mass is 405 g/mol. The summed E-state index contributed by atoms with van der Waals surface area (Å²) in [5, 5.41) is 0. The van der Waals surface area contributed by atoms with Gasteiger partial charge in [0.1, 0.15) is 17.5 Å². The van der Waals surface area contributed by atoms with E-state index in [1.165, 1.54) is 0 Å². The zero-order valence-corrected chi connectivity index (χ0v) is 15.5. The van der Waals surface area contributed by atoms with Crippen molar-refractivity contribution in [3.05, 3.63) is 26.6 Å². The van der Waals surface area contributed by atoms with Crippen molar-refractivity contribution in [2.75, 3.05) is 0 Å². The lowest BCUT2D eigenvalue weighted by Crippen LogP contribution is -2.36. The first-order chi connectivity index (χ1) is 9.14. The van der Waals surface area contributed by atoms with Crippen LogP contribution in [0.4, 0.5) is 0 Å². The van der Waals surface area contributed by atoms with Crippen molar-refractivity contribution < 1.29 is 9.47 Å². The molecule has 0 aliphatic carbocycles. The maximum atomic E-state index is 6.23. The van der Waals surface area contributed by atoms with Gasteiger partial charge in [-0.3, -0.25) is 0 Å². The van der Waals surface area contributed by atoms with Crippen molar-refractivity contribution >= 4 is 31.9 Å². The molecule has 1 saturated heterocycles. The van der Waals surface area contributed by atoms with Gasteiger partial charge in [-0.15, -0.1) is 0 Å². The highest BCUT2D eigenvalue weighted by atomic mass is 79.9. The zero-order chi connectivity index (χ0) is 15.1. The number of halogens is 2. The molecule has 1 atom stereocenters. The van der Waals surface area contributed by atoms with E-state index in [0.717, 1.165) is 26.7 Å². The van der Waals surface area contributed by atoms with E-state index >= 15 is 0 Å². The second-order valence-electron chi connectivity index (χ2n) is 6.37. The van der Waals surface area contributed by atoms with Gasteiger partial charge in [0.05, 0.1) is 14.5 Å². The highest BCUT2D eigenvalue weighted by Crippen LogP contribution is 2.43. The van der Waals surface area contributed by atoms with Crippen LogP contribution in [0, 0.1) is 0 Å². The lowest BCUT2D eigenvalue weighted by atomic mass is 9.97. The van der Waals surface area contributed by atoms with Crippen LogP contribution in [-0.2, 0) is 11.3 Å². The molecule has 1 aromatic carbocycles. The van der Waals surface area contributed by atoms with Crippen LogP contribution in [-0.4, -0.2) is 17.3 Å². The quantitative estimate of drug-likeness (QED) is 0.809. The van der Waals surface area contributed by atoms with Crippen LogP contribution in [0.15, 0.2) is 21.1 Å². The maximum Gasteiger partial charge on any atom is 0.148 e. The third-order valence-corrected chi connectivity index (χ3v) is 4.72.